The minimum Gasteiger partial charge on any atom is -0.543 e. The Morgan fingerprint density at radius 3 is 2.53 bits per heavy atom. The van der Waals surface area contributed by atoms with Gasteiger partial charge in [0.2, 0.25) is 8.32 Å². The first-order valence-electron chi connectivity index (χ1n) is 5.57. The van der Waals surface area contributed by atoms with Crippen molar-refractivity contribution >= 4 is 19.3 Å². The molecular weight excluding hydrogens is 232 g/mol. The molecule has 0 aliphatic heterocycles. The molecule has 0 aliphatic carbocycles. The zero-order valence-electron chi connectivity index (χ0n) is 10.6. The SMILES string of the molecule is COc1ccc2c(O[Si](C)(C)C)cc[o+]c2c1. The molecule has 2 aromatic rings. The van der Waals surface area contributed by atoms with E-state index in [0.29, 0.717) is 0 Å². The van der Waals surface area contributed by atoms with Gasteiger partial charge in [0.15, 0.2) is 0 Å². The molecule has 0 atom stereocenters. The molecule has 0 amide bonds. The Morgan fingerprint density at radius 2 is 1.88 bits per heavy atom. The second-order valence-electron chi connectivity index (χ2n) is 4.86. The van der Waals surface area contributed by atoms with E-state index in [0.717, 1.165) is 22.5 Å². The van der Waals surface area contributed by atoms with Crippen molar-refractivity contribution in [2.45, 2.75) is 19.6 Å². The van der Waals surface area contributed by atoms with Crippen LogP contribution in [0.15, 0.2) is 34.9 Å². The number of methoxy groups -OCH3 is 1. The van der Waals surface area contributed by atoms with Crippen LogP contribution in [-0.4, -0.2) is 15.4 Å². The summed E-state index contributed by atoms with van der Waals surface area (Å²) in [6.45, 7) is 6.48. The summed E-state index contributed by atoms with van der Waals surface area (Å²) in [7, 11) is 0.0324. The van der Waals surface area contributed by atoms with Crippen molar-refractivity contribution in [3.63, 3.8) is 0 Å². The number of hydrogen-bond donors (Lipinski definition) is 0. The molecule has 0 unspecified atom stereocenters. The molecular formula is C13H17O3Si+. The van der Waals surface area contributed by atoms with Crippen LogP contribution in [0.2, 0.25) is 19.6 Å². The quantitative estimate of drug-likeness (QED) is 0.609. The van der Waals surface area contributed by atoms with Crippen LogP contribution < -0.4 is 9.16 Å². The second-order valence-corrected chi connectivity index (χ2v) is 9.29. The maximum atomic E-state index is 6.03. The van der Waals surface area contributed by atoms with Gasteiger partial charge >= 0.3 is 11.8 Å². The van der Waals surface area contributed by atoms with Gasteiger partial charge in [-0.2, -0.15) is 0 Å². The maximum Gasteiger partial charge on any atom is 0.367 e. The maximum absolute atomic E-state index is 6.03. The highest BCUT2D eigenvalue weighted by Crippen LogP contribution is 2.30. The summed E-state index contributed by atoms with van der Waals surface area (Å²) in [5, 5.41) is 0.982. The Bertz CT molecular complexity index is 532. The van der Waals surface area contributed by atoms with E-state index in [4.69, 9.17) is 13.6 Å². The van der Waals surface area contributed by atoms with Gasteiger partial charge in [-0.3, -0.25) is 0 Å². The third-order valence-corrected chi connectivity index (χ3v) is 3.12. The predicted octanol–water partition coefficient (Wildman–Crippen LogP) is 3.94. The summed E-state index contributed by atoms with van der Waals surface area (Å²) >= 11 is 0. The summed E-state index contributed by atoms with van der Waals surface area (Å²) in [5.74, 6) is 1.67. The molecule has 2 rings (SSSR count). The number of fused-ring (bicyclic) bond motifs is 1. The highest BCUT2D eigenvalue weighted by atomic mass is 28.4. The molecule has 1 aromatic heterocycles. The summed E-state index contributed by atoms with van der Waals surface area (Å²) < 4.78 is 16.7. The van der Waals surface area contributed by atoms with Crippen molar-refractivity contribution in [3.8, 4) is 11.5 Å². The number of rotatable bonds is 3. The van der Waals surface area contributed by atoms with Crippen LogP contribution in [0.1, 0.15) is 0 Å². The molecule has 4 heteroatoms. The van der Waals surface area contributed by atoms with Gasteiger partial charge < -0.3 is 9.16 Å². The van der Waals surface area contributed by atoms with E-state index in [2.05, 4.69) is 19.6 Å². The van der Waals surface area contributed by atoms with Crippen LogP contribution in [0.25, 0.3) is 11.0 Å². The largest absolute Gasteiger partial charge is 0.543 e. The fraction of sp³-hybridized carbons (Fsp3) is 0.308. The molecule has 0 N–H and O–H groups in total. The Morgan fingerprint density at radius 1 is 1.12 bits per heavy atom. The third-order valence-electron chi connectivity index (χ3n) is 2.28. The fourth-order valence-corrected chi connectivity index (χ4v) is 2.45. The summed E-state index contributed by atoms with van der Waals surface area (Å²) in [6.07, 6.45) is 1.65. The standard InChI is InChI=1S/C13H17O3Si/c1-14-10-5-6-11-12(16-17(2,3)4)7-8-15-13(11)9-10/h5-9H,1-4H3/q+1. The van der Waals surface area contributed by atoms with Crippen LogP contribution in [0.4, 0.5) is 0 Å². The van der Waals surface area contributed by atoms with E-state index in [1.54, 1.807) is 13.4 Å². The molecule has 0 radical (unpaired) electrons. The molecule has 0 spiro atoms. The fourth-order valence-electron chi connectivity index (χ4n) is 1.61. The topological polar surface area (TPSA) is 29.8 Å². The molecule has 1 heterocycles. The summed E-state index contributed by atoms with van der Waals surface area (Å²) in [4.78, 5) is 0. The van der Waals surface area contributed by atoms with Crippen molar-refractivity contribution in [2.24, 2.45) is 0 Å². The third kappa shape index (κ3) is 2.77. The van der Waals surface area contributed by atoms with Crippen molar-refractivity contribution in [3.05, 3.63) is 30.5 Å². The number of benzene rings is 1. The van der Waals surface area contributed by atoms with Gasteiger partial charge in [0, 0.05) is 0 Å². The highest BCUT2D eigenvalue weighted by Gasteiger charge is 2.20. The van der Waals surface area contributed by atoms with Crippen LogP contribution >= 0.6 is 0 Å². The Balaban J connectivity index is 2.51. The average Bonchev–Trinajstić information content (AvgIpc) is 2.26. The molecule has 0 saturated heterocycles. The van der Waals surface area contributed by atoms with Crippen LogP contribution in [0.3, 0.4) is 0 Å². The molecule has 17 heavy (non-hydrogen) atoms. The Labute approximate surface area is 102 Å². The Kier molecular flexibility index (Phi) is 3.06. The lowest BCUT2D eigenvalue weighted by atomic mass is 10.2. The zero-order chi connectivity index (χ0) is 12.5. The lowest BCUT2D eigenvalue weighted by Gasteiger charge is -2.18. The van der Waals surface area contributed by atoms with Crippen molar-refractivity contribution in [1.82, 2.24) is 0 Å². The first-order chi connectivity index (χ1) is 7.99. The number of hydrogen-bond acceptors (Lipinski definition) is 2. The highest BCUT2D eigenvalue weighted by molar-refractivity contribution is 6.70. The van der Waals surface area contributed by atoms with Gasteiger partial charge in [-0.1, -0.05) is 0 Å². The predicted molar refractivity (Wildman–Crippen MR) is 71.1 cm³/mol. The number of ether oxygens (including phenoxy) is 1. The van der Waals surface area contributed by atoms with Crippen LogP contribution in [-0.2, 0) is 0 Å². The van der Waals surface area contributed by atoms with E-state index >= 15 is 0 Å². The molecule has 90 valence electrons. The molecule has 3 nitrogen and oxygen atoms in total. The normalized spacial score (nSPS) is 11.5. The van der Waals surface area contributed by atoms with E-state index in [9.17, 15) is 0 Å². The molecule has 0 bridgehead atoms. The van der Waals surface area contributed by atoms with Gasteiger partial charge in [0.05, 0.1) is 19.2 Å². The minimum atomic E-state index is -1.61. The zero-order valence-corrected chi connectivity index (χ0v) is 11.6. The Hall–Kier alpha value is -1.55. The van der Waals surface area contributed by atoms with Crippen LogP contribution in [0, 0.1) is 0 Å². The summed E-state index contributed by atoms with van der Waals surface area (Å²) in [5.41, 5.74) is 0.778. The second kappa shape index (κ2) is 4.37. The molecule has 0 saturated carbocycles. The van der Waals surface area contributed by atoms with E-state index in [1.807, 2.05) is 24.3 Å². The van der Waals surface area contributed by atoms with Crippen molar-refractivity contribution < 1.29 is 13.6 Å². The molecule has 0 fully saturated rings. The van der Waals surface area contributed by atoms with Gasteiger partial charge in [-0.05, 0) is 31.8 Å². The van der Waals surface area contributed by atoms with E-state index in [-0.39, 0.29) is 0 Å². The smallest absolute Gasteiger partial charge is 0.367 e. The van der Waals surface area contributed by atoms with Gasteiger partial charge in [-0.25, -0.2) is 4.42 Å². The first-order valence-corrected chi connectivity index (χ1v) is 8.98. The van der Waals surface area contributed by atoms with Gasteiger partial charge in [0.25, 0.3) is 0 Å². The molecule has 0 aliphatic rings. The first kappa shape index (κ1) is 11.9. The van der Waals surface area contributed by atoms with Gasteiger partial charge in [0.1, 0.15) is 16.9 Å². The van der Waals surface area contributed by atoms with Crippen molar-refractivity contribution in [2.75, 3.05) is 7.11 Å². The van der Waals surface area contributed by atoms with Crippen molar-refractivity contribution in [1.29, 1.82) is 0 Å². The molecule has 1 aromatic carbocycles. The lowest BCUT2D eigenvalue weighted by molar-refractivity contribution is 0.414. The summed E-state index contributed by atoms with van der Waals surface area (Å²) in [6, 6.07) is 7.61. The van der Waals surface area contributed by atoms with Gasteiger partial charge in [-0.15, -0.1) is 0 Å². The average molecular weight is 249 g/mol. The minimum absolute atomic E-state index is 0.778. The van der Waals surface area contributed by atoms with E-state index < -0.39 is 8.32 Å². The monoisotopic (exact) mass is 249 g/mol. The lowest BCUT2D eigenvalue weighted by Crippen LogP contribution is -2.29. The van der Waals surface area contributed by atoms with Crippen LogP contribution in [0.5, 0.6) is 11.5 Å². The van der Waals surface area contributed by atoms with E-state index in [1.165, 1.54) is 0 Å².